The van der Waals surface area contributed by atoms with Crippen molar-refractivity contribution in [2.24, 2.45) is 0 Å². The highest BCUT2D eigenvalue weighted by molar-refractivity contribution is 5.73. The number of nitrogens with zero attached hydrogens (tertiary/aromatic N) is 2. The predicted molar refractivity (Wildman–Crippen MR) is 63.1 cm³/mol. The number of hydrogen-bond acceptors (Lipinski definition) is 2. The second-order valence-electron chi connectivity index (χ2n) is 3.73. The molecule has 1 N–H and O–H groups in total. The maximum absolute atomic E-state index is 4.46. The van der Waals surface area contributed by atoms with Crippen molar-refractivity contribution in [3.63, 3.8) is 0 Å². The largest absolute Gasteiger partial charge is 0.346 e. The molecule has 0 aliphatic heterocycles. The van der Waals surface area contributed by atoms with Crippen molar-refractivity contribution >= 4 is 11.0 Å². The molecule has 0 radical (unpaired) electrons. The van der Waals surface area contributed by atoms with Crippen molar-refractivity contribution in [1.29, 1.82) is 0 Å². The lowest BCUT2D eigenvalue weighted by Gasteiger charge is -1.99. The summed E-state index contributed by atoms with van der Waals surface area (Å²) in [4.78, 5) is 11.9. The molecule has 3 nitrogen and oxygen atoms in total. The Bertz CT molecular complexity index is 599. The minimum absolute atomic E-state index is 0.774. The lowest BCUT2D eigenvalue weighted by molar-refractivity contribution is 0.987. The van der Waals surface area contributed by atoms with Gasteiger partial charge in [-0.1, -0.05) is 30.3 Å². The van der Waals surface area contributed by atoms with Crippen LogP contribution >= 0.6 is 0 Å². The Labute approximate surface area is 93.2 Å². The van der Waals surface area contributed by atoms with Crippen LogP contribution in [-0.2, 0) is 6.42 Å². The number of aromatic amines is 1. The summed E-state index contributed by atoms with van der Waals surface area (Å²) in [7, 11) is 0. The van der Waals surface area contributed by atoms with E-state index in [1.807, 2.05) is 36.7 Å². The van der Waals surface area contributed by atoms with E-state index in [-0.39, 0.29) is 0 Å². The minimum Gasteiger partial charge on any atom is -0.346 e. The van der Waals surface area contributed by atoms with Gasteiger partial charge in [0.2, 0.25) is 0 Å². The number of aromatic nitrogens is 3. The average Bonchev–Trinajstić information content (AvgIpc) is 2.77. The minimum atomic E-state index is 0.774. The molecule has 2 aromatic heterocycles. The fourth-order valence-corrected chi connectivity index (χ4v) is 1.74. The van der Waals surface area contributed by atoms with Gasteiger partial charge in [0.05, 0.1) is 0 Å². The quantitative estimate of drug-likeness (QED) is 0.704. The Hall–Kier alpha value is -2.16. The Morgan fingerprint density at radius 3 is 2.81 bits per heavy atom. The van der Waals surface area contributed by atoms with E-state index in [0.717, 1.165) is 23.3 Å². The van der Waals surface area contributed by atoms with Crippen molar-refractivity contribution < 1.29 is 0 Å². The molecule has 3 heteroatoms. The lowest BCUT2D eigenvalue weighted by atomic mass is 10.1. The van der Waals surface area contributed by atoms with Crippen LogP contribution in [0.2, 0.25) is 0 Å². The first-order valence-electron chi connectivity index (χ1n) is 5.25. The highest BCUT2D eigenvalue weighted by atomic mass is 14.9. The van der Waals surface area contributed by atoms with Crippen LogP contribution < -0.4 is 0 Å². The number of H-pyrrole nitrogens is 1. The Balaban J connectivity index is 1.94. The highest BCUT2D eigenvalue weighted by Crippen LogP contribution is 2.10. The van der Waals surface area contributed by atoms with E-state index in [1.165, 1.54) is 5.56 Å². The molecule has 0 saturated heterocycles. The maximum atomic E-state index is 4.46. The van der Waals surface area contributed by atoms with E-state index in [2.05, 4.69) is 27.1 Å². The van der Waals surface area contributed by atoms with Gasteiger partial charge in [-0.3, -0.25) is 0 Å². The van der Waals surface area contributed by atoms with Crippen LogP contribution in [0.5, 0.6) is 0 Å². The van der Waals surface area contributed by atoms with Gasteiger partial charge in [0.15, 0.2) is 0 Å². The summed E-state index contributed by atoms with van der Waals surface area (Å²) < 4.78 is 0. The predicted octanol–water partition coefficient (Wildman–Crippen LogP) is 2.55. The van der Waals surface area contributed by atoms with E-state index in [9.17, 15) is 0 Å². The normalized spacial score (nSPS) is 10.8. The molecule has 78 valence electrons. The van der Waals surface area contributed by atoms with Crippen LogP contribution in [0.15, 0.2) is 48.8 Å². The van der Waals surface area contributed by atoms with Crippen LogP contribution in [0.25, 0.3) is 11.0 Å². The van der Waals surface area contributed by atoms with E-state index >= 15 is 0 Å². The summed E-state index contributed by atoms with van der Waals surface area (Å²) in [6.45, 7) is 0. The second kappa shape index (κ2) is 3.77. The molecule has 16 heavy (non-hydrogen) atoms. The van der Waals surface area contributed by atoms with Gasteiger partial charge in [-0.2, -0.15) is 0 Å². The fourth-order valence-electron chi connectivity index (χ4n) is 1.74. The van der Waals surface area contributed by atoms with Crippen LogP contribution in [0, 0.1) is 0 Å². The van der Waals surface area contributed by atoms with E-state index in [4.69, 9.17) is 0 Å². The zero-order valence-electron chi connectivity index (χ0n) is 8.72. The van der Waals surface area contributed by atoms with Gasteiger partial charge in [0.1, 0.15) is 11.5 Å². The molecule has 0 amide bonds. The first-order chi connectivity index (χ1) is 7.92. The van der Waals surface area contributed by atoms with Gasteiger partial charge in [-0.25, -0.2) is 9.97 Å². The van der Waals surface area contributed by atoms with Gasteiger partial charge in [0.25, 0.3) is 0 Å². The molecule has 0 fully saturated rings. The van der Waals surface area contributed by atoms with Gasteiger partial charge in [-0.05, 0) is 11.6 Å². The summed E-state index contributed by atoms with van der Waals surface area (Å²) in [5.74, 6) is 0.848. The van der Waals surface area contributed by atoms with Gasteiger partial charge in [-0.15, -0.1) is 0 Å². The second-order valence-corrected chi connectivity index (χ2v) is 3.73. The first-order valence-corrected chi connectivity index (χ1v) is 5.25. The molecule has 0 unspecified atom stereocenters. The smallest absolute Gasteiger partial charge is 0.141 e. The van der Waals surface area contributed by atoms with Crippen molar-refractivity contribution in [2.75, 3.05) is 0 Å². The van der Waals surface area contributed by atoms with Gasteiger partial charge < -0.3 is 4.98 Å². The third-order valence-corrected chi connectivity index (χ3v) is 2.55. The average molecular weight is 209 g/mol. The summed E-state index contributed by atoms with van der Waals surface area (Å²) in [5.41, 5.74) is 2.13. The molecule has 0 spiro atoms. The molecule has 0 saturated carbocycles. The van der Waals surface area contributed by atoms with Gasteiger partial charge in [0, 0.05) is 24.2 Å². The number of benzene rings is 1. The Morgan fingerprint density at radius 2 is 1.94 bits per heavy atom. The Kier molecular flexibility index (Phi) is 2.14. The van der Waals surface area contributed by atoms with Crippen molar-refractivity contribution in [3.8, 4) is 0 Å². The molecular formula is C13H11N3. The van der Waals surface area contributed by atoms with Crippen molar-refractivity contribution in [3.05, 3.63) is 60.2 Å². The van der Waals surface area contributed by atoms with Crippen LogP contribution in [0.3, 0.4) is 0 Å². The third-order valence-electron chi connectivity index (χ3n) is 2.55. The van der Waals surface area contributed by atoms with Crippen LogP contribution in [0.4, 0.5) is 0 Å². The van der Waals surface area contributed by atoms with E-state index in [1.54, 1.807) is 0 Å². The maximum Gasteiger partial charge on any atom is 0.141 e. The molecule has 0 aliphatic rings. The number of hydrogen-bond donors (Lipinski definition) is 1. The van der Waals surface area contributed by atoms with Crippen LogP contribution in [-0.4, -0.2) is 15.0 Å². The molecule has 0 aliphatic carbocycles. The summed E-state index contributed by atoms with van der Waals surface area (Å²) >= 11 is 0. The zero-order valence-corrected chi connectivity index (χ0v) is 8.72. The molecule has 0 atom stereocenters. The molecule has 0 bridgehead atoms. The molecule has 1 aromatic carbocycles. The third kappa shape index (κ3) is 1.67. The standard InChI is InChI=1S/C13H11N3/c1-2-4-10(5-3-1)8-12-15-9-11-6-7-14-13(11)16-12/h1-7,9H,8H2,(H,14,15,16). The molecule has 3 rings (SSSR count). The zero-order chi connectivity index (χ0) is 10.8. The number of nitrogens with one attached hydrogen (secondary N) is 1. The monoisotopic (exact) mass is 209 g/mol. The highest BCUT2D eigenvalue weighted by Gasteiger charge is 2.01. The lowest BCUT2D eigenvalue weighted by Crippen LogP contribution is -1.95. The molecule has 2 heterocycles. The summed E-state index contributed by atoms with van der Waals surface area (Å²) in [5, 5.41) is 1.05. The first kappa shape index (κ1) is 9.09. The Morgan fingerprint density at radius 1 is 1.06 bits per heavy atom. The summed E-state index contributed by atoms with van der Waals surface area (Å²) in [6, 6.07) is 12.2. The van der Waals surface area contributed by atoms with Crippen molar-refractivity contribution in [2.45, 2.75) is 6.42 Å². The van der Waals surface area contributed by atoms with E-state index < -0.39 is 0 Å². The van der Waals surface area contributed by atoms with Crippen molar-refractivity contribution in [1.82, 2.24) is 15.0 Å². The van der Waals surface area contributed by atoms with Gasteiger partial charge >= 0.3 is 0 Å². The summed E-state index contributed by atoms with van der Waals surface area (Å²) in [6.07, 6.45) is 4.51. The molecular weight excluding hydrogens is 198 g/mol. The molecule has 3 aromatic rings. The van der Waals surface area contributed by atoms with E-state index in [0.29, 0.717) is 0 Å². The number of fused-ring (bicyclic) bond motifs is 1. The topological polar surface area (TPSA) is 41.6 Å². The van der Waals surface area contributed by atoms with Crippen LogP contribution in [0.1, 0.15) is 11.4 Å². The number of rotatable bonds is 2. The SMILES string of the molecule is c1ccc(Cc2ncc3cc[nH]c3n2)cc1. The fraction of sp³-hybridized carbons (Fsp3) is 0.0769.